The Morgan fingerprint density at radius 1 is 1.13 bits per heavy atom. The van der Waals surface area contributed by atoms with E-state index in [9.17, 15) is 10.1 Å². The molecule has 1 amide bonds. The number of ether oxygens (including phenoxy) is 4. The maximum Gasteiger partial charge on any atom is 0.266 e. The zero-order valence-corrected chi connectivity index (χ0v) is 18.9. The molecule has 1 N–H and O–H groups in total. The van der Waals surface area contributed by atoms with Crippen LogP contribution in [-0.2, 0) is 4.79 Å². The number of carbonyl (C=O) groups is 1. The van der Waals surface area contributed by atoms with Gasteiger partial charge < -0.3 is 24.3 Å². The van der Waals surface area contributed by atoms with Gasteiger partial charge in [0.25, 0.3) is 5.91 Å². The van der Waals surface area contributed by atoms with Gasteiger partial charge in [-0.1, -0.05) is 17.7 Å². The molecule has 164 valence electrons. The summed E-state index contributed by atoms with van der Waals surface area (Å²) in [5.41, 5.74) is 0.841. The number of anilines is 1. The van der Waals surface area contributed by atoms with Crippen LogP contribution in [0.1, 0.15) is 26.3 Å². The van der Waals surface area contributed by atoms with Crippen LogP contribution >= 0.6 is 11.6 Å². The minimum absolute atomic E-state index is 0.0209. The molecule has 2 aromatic carbocycles. The maximum absolute atomic E-state index is 12.7. The first-order valence-electron chi connectivity index (χ1n) is 9.61. The normalized spacial score (nSPS) is 11.0. The molecule has 2 rings (SSSR count). The van der Waals surface area contributed by atoms with Crippen molar-refractivity contribution in [1.82, 2.24) is 0 Å². The average molecular weight is 445 g/mol. The molecule has 0 fully saturated rings. The molecule has 7 nitrogen and oxygen atoms in total. The van der Waals surface area contributed by atoms with Gasteiger partial charge in [-0.3, -0.25) is 4.79 Å². The Balaban J connectivity index is 2.34. The van der Waals surface area contributed by atoms with Gasteiger partial charge in [-0.2, -0.15) is 5.26 Å². The van der Waals surface area contributed by atoms with Crippen LogP contribution in [0.3, 0.4) is 0 Å². The van der Waals surface area contributed by atoms with Crippen molar-refractivity contribution in [3.05, 3.63) is 46.5 Å². The lowest BCUT2D eigenvalue weighted by Crippen LogP contribution is -2.14. The zero-order chi connectivity index (χ0) is 23.0. The van der Waals surface area contributed by atoms with Gasteiger partial charge >= 0.3 is 0 Å². The summed E-state index contributed by atoms with van der Waals surface area (Å²) in [4.78, 5) is 12.7. The van der Waals surface area contributed by atoms with E-state index in [1.54, 1.807) is 18.2 Å². The molecule has 0 saturated heterocycles. The fourth-order valence-electron chi connectivity index (χ4n) is 2.70. The van der Waals surface area contributed by atoms with Crippen molar-refractivity contribution in [1.29, 1.82) is 5.26 Å². The first kappa shape index (κ1) is 23.9. The molecular weight excluding hydrogens is 420 g/mol. The van der Waals surface area contributed by atoms with Crippen LogP contribution in [0.5, 0.6) is 23.0 Å². The summed E-state index contributed by atoms with van der Waals surface area (Å²) in [5.74, 6) is 1.22. The first-order valence-corrected chi connectivity index (χ1v) is 9.98. The fraction of sp³-hybridized carbons (Fsp3) is 0.304. The zero-order valence-electron chi connectivity index (χ0n) is 18.1. The molecule has 0 heterocycles. The number of hydrogen-bond donors (Lipinski definition) is 1. The molecule has 0 radical (unpaired) electrons. The molecule has 0 aromatic heterocycles. The van der Waals surface area contributed by atoms with Crippen molar-refractivity contribution >= 4 is 29.3 Å². The van der Waals surface area contributed by atoms with Gasteiger partial charge in [0.05, 0.1) is 37.6 Å². The summed E-state index contributed by atoms with van der Waals surface area (Å²) in [6.07, 6.45) is 1.45. The van der Waals surface area contributed by atoms with Crippen LogP contribution in [0.15, 0.2) is 35.9 Å². The Labute approximate surface area is 187 Å². The second-order valence-corrected chi connectivity index (χ2v) is 7.02. The average Bonchev–Trinajstić information content (AvgIpc) is 2.74. The van der Waals surface area contributed by atoms with E-state index in [1.165, 1.54) is 32.4 Å². The topological polar surface area (TPSA) is 89.8 Å². The summed E-state index contributed by atoms with van der Waals surface area (Å²) >= 11 is 6.10. The Morgan fingerprint density at radius 3 is 2.42 bits per heavy atom. The van der Waals surface area contributed by atoms with Gasteiger partial charge in [0.15, 0.2) is 11.5 Å². The highest BCUT2D eigenvalue weighted by Gasteiger charge is 2.16. The van der Waals surface area contributed by atoms with E-state index in [4.69, 9.17) is 30.5 Å². The number of carbonyl (C=O) groups excluding carboxylic acids is 1. The summed E-state index contributed by atoms with van der Waals surface area (Å²) in [5, 5.41) is 12.5. The van der Waals surface area contributed by atoms with Crippen molar-refractivity contribution in [2.24, 2.45) is 0 Å². The molecule has 0 spiro atoms. The second-order valence-electron chi connectivity index (χ2n) is 6.62. The van der Waals surface area contributed by atoms with Crippen LogP contribution < -0.4 is 24.3 Å². The predicted octanol–water partition coefficient (Wildman–Crippen LogP) is 5.09. The van der Waals surface area contributed by atoms with Crippen LogP contribution in [0.2, 0.25) is 5.02 Å². The highest BCUT2D eigenvalue weighted by Crippen LogP contribution is 2.36. The summed E-state index contributed by atoms with van der Waals surface area (Å²) in [6.45, 7) is 6.15. The molecule has 0 aliphatic heterocycles. The van der Waals surface area contributed by atoms with E-state index < -0.39 is 5.91 Å². The van der Waals surface area contributed by atoms with E-state index in [2.05, 4.69) is 5.32 Å². The lowest BCUT2D eigenvalue weighted by molar-refractivity contribution is -0.112. The van der Waals surface area contributed by atoms with Gasteiger partial charge in [-0.25, -0.2) is 0 Å². The molecule has 8 heteroatoms. The first-order chi connectivity index (χ1) is 14.8. The molecule has 0 bridgehead atoms. The van der Waals surface area contributed by atoms with E-state index in [0.717, 1.165) is 0 Å². The van der Waals surface area contributed by atoms with Gasteiger partial charge in [-0.15, -0.1) is 0 Å². The smallest absolute Gasteiger partial charge is 0.266 e. The van der Waals surface area contributed by atoms with Crippen LogP contribution in [0.4, 0.5) is 5.69 Å². The SMILES string of the molecule is CCOc1cc(/C=C(\C#N)C(=O)Nc2cc(OC)c(Cl)cc2OC)ccc1OC(C)C. The highest BCUT2D eigenvalue weighted by molar-refractivity contribution is 6.32. The van der Waals surface area contributed by atoms with Crippen LogP contribution in [0, 0.1) is 11.3 Å². The number of halogens is 1. The van der Waals surface area contributed by atoms with Gasteiger partial charge in [0.2, 0.25) is 0 Å². The van der Waals surface area contributed by atoms with E-state index in [1.807, 2.05) is 26.8 Å². The molecule has 0 saturated carbocycles. The monoisotopic (exact) mass is 444 g/mol. The molecular formula is C23H25ClN2O5. The molecule has 0 atom stereocenters. The number of nitriles is 1. The molecule has 0 unspecified atom stereocenters. The van der Waals surface area contributed by atoms with Crippen molar-refractivity contribution in [2.75, 3.05) is 26.1 Å². The van der Waals surface area contributed by atoms with Crippen LogP contribution in [-0.4, -0.2) is 32.8 Å². The summed E-state index contributed by atoms with van der Waals surface area (Å²) < 4.78 is 21.8. The predicted molar refractivity (Wildman–Crippen MR) is 120 cm³/mol. The Bertz CT molecular complexity index is 1010. The minimum Gasteiger partial charge on any atom is -0.495 e. The molecule has 0 aliphatic rings. The standard InChI is InChI=1S/C23H25ClN2O5/c1-6-30-22-10-15(7-8-19(22)31-14(2)3)9-16(13-25)23(27)26-18-12-20(28-4)17(24)11-21(18)29-5/h7-12,14H,6H2,1-5H3,(H,26,27)/b16-9+. The third kappa shape index (κ3) is 6.30. The van der Waals surface area contributed by atoms with Crippen LogP contribution in [0.25, 0.3) is 6.08 Å². The van der Waals surface area contributed by atoms with Crippen molar-refractivity contribution < 1.29 is 23.7 Å². The second kappa shape index (κ2) is 11.1. The van der Waals surface area contributed by atoms with Gasteiger partial charge in [0, 0.05) is 12.1 Å². The maximum atomic E-state index is 12.7. The lowest BCUT2D eigenvalue weighted by atomic mass is 10.1. The Hall–Kier alpha value is -3.37. The molecule has 2 aromatic rings. The van der Waals surface area contributed by atoms with E-state index in [-0.39, 0.29) is 11.7 Å². The minimum atomic E-state index is -0.606. The van der Waals surface area contributed by atoms with Crippen molar-refractivity contribution in [3.8, 4) is 29.1 Å². The van der Waals surface area contributed by atoms with Gasteiger partial charge in [0.1, 0.15) is 23.1 Å². The number of rotatable bonds is 9. The fourth-order valence-corrected chi connectivity index (χ4v) is 2.93. The lowest BCUT2D eigenvalue weighted by Gasteiger charge is -2.15. The number of methoxy groups -OCH3 is 2. The third-order valence-corrected chi connectivity index (χ3v) is 4.32. The molecule has 0 aliphatic carbocycles. The largest absolute Gasteiger partial charge is 0.495 e. The Morgan fingerprint density at radius 2 is 1.84 bits per heavy atom. The molecule has 31 heavy (non-hydrogen) atoms. The van der Waals surface area contributed by atoms with E-state index >= 15 is 0 Å². The quantitative estimate of drug-likeness (QED) is 0.428. The van der Waals surface area contributed by atoms with Crippen molar-refractivity contribution in [3.63, 3.8) is 0 Å². The van der Waals surface area contributed by atoms with Gasteiger partial charge in [-0.05, 0) is 44.5 Å². The van der Waals surface area contributed by atoms with Crippen molar-refractivity contribution in [2.45, 2.75) is 26.9 Å². The Kier molecular flexibility index (Phi) is 8.59. The number of nitrogens with one attached hydrogen (secondary N) is 1. The number of nitrogens with zero attached hydrogens (tertiary/aromatic N) is 1. The number of hydrogen-bond acceptors (Lipinski definition) is 6. The van der Waals surface area contributed by atoms with E-state index in [0.29, 0.717) is 45.9 Å². The summed E-state index contributed by atoms with van der Waals surface area (Å²) in [6, 6.07) is 10.2. The number of amides is 1. The summed E-state index contributed by atoms with van der Waals surface area (Å²) in [7, 11) is 2.91. The highest BCUT2D eigenvalue weighted by atomic mass is 35.5. The third-order valence-electron chi connectivity index (χ3n) is 4.03. The number of benzene rings is 2.